The van der Waals surface area contributed by atoms with E-state index in [9.17, 15) is 26.4 Å². The van der Waals surface area contributed by atoms with E-state index in [1.165, 1.54) is 23.5 Å². The molecule has 1 aliphatic rings. The van der Waals surface area contributed by atoms with Crippen molar-refractivity contribution in [1.82, 2.24) is 19.4 Å². The van der Waals surface area contributed by atoms with Gasteiger partial charge in [0.1, 0.15) is 22.8 Å². The third-order valence-corrected chi connectivity index (χ3v) is 10.6. The summed E-state index contributed by atoms with van der Waals surface area (Å²) in [5, 5.41) is 12.0. The van der Waals surface area contributed by atoms with E-state index in [1.807, 2.05) is 0 Å². The van der Waals surface area contributed by atoms with Gasteiger partial charge in [-0.15, -0.1) is 10.2 Å². The van der Waals surface area contributed by atoms with Gasteiger partial charge in [-0.1, -0.05) is 24.3 Å². The molecular formula is C39H46F3N5O7S. The number of sulfonamides is 1. The highest BCUT2D eigenvalue weighted by atomic mass is 32.2. The molecule has 0 radical (unpaired) electrons. The highest BCUT2D eigenvalue weighted by Crippen LogP contribution is 2.37. The van der Waals surface area contributed by atoms with Crippen LogP contribution in [0.2, 0.25) is 0 Å². The Labute approximate surface area is 319 Å². The summed E-state index contributed by atoms with van der Waals surface area (Å²) in [4.78, 5) is 14.5. The van der Waals surface area contributed by atoms with Crippen molar-refractivity contribution < 1.29 is 45.3 Å². The minimum atomic E-state index is -4.62. The van der Waals surface area contributed by atoms with Crippen LogP contribution in [-0.2, 0) is 39.8 Å². The first-order valence-corrected chi connectivity index (χ1v) is 19.2. The predicted molar refractivity (Wildman–Crippen MR) is 201 cm³/mol. The maximum atomic E-state index is 14.6. The van der Waals surface area contributed by atoms with Crippen molar-refractivity contribution in [2.24, 2.45) is 0 Å². The summed E-state index contributed by atoms with van der Waals surface area (Å²) in [5.74, 6) is 0.732. The topological polar surface area (TPSA) is 132 Å². The van der Waals surface area contributed by atoms with Crippen molar-refractivity contribution in [3.63, 3.8) is 0 Å². The SMILES string of the molecule is COc1ccc(CN(Cc2ccc(OC)cc2)S(=O)(=O)Cc2cc(-c3ccc(C(F)(F)F)cc3OC)nnc2N[C@@H]2CCCN(C(=O)OC(C)(C)C)C2)cc1. The number of ether oxygens (including phenoxy) is 4. The van der Waals surface area contributed by atoms with E-state index in [2.05, 4.69) is 15.5 Å². The van der Waals surface area contributed by atoms with E-state index in [0.29, 0.717) is 42.0 Å². The van der Waals surface area contributed by atoms with Gasteiger partial charge in [0.05, 0.1) is 38.3 Å². The lowest BCUT2D eigenvalue weighted by Crippen LogP contribution is -2.47. The molecule has 0 bridgehead atoms. The summed E-state index contributed by atoms with van der Waals surface area (Å²) in [6.07, 6.45) is -3.79. The summed E-state index contributed by atoms with van der Waals surface area (Å²) in [6, 6.07) is 18.3. The largest absolute Gasteiger partial charge is 0.497 e. The molecule has 1 saturated heterocycles. The zero-order valence-electron chi connectivity index (χ0n) is 31.6. The molecule has 2 heterocycles. The predicted octanol–water partition coefficient (Wildman–Crippen LogP) is 7.53. The second kappa shape index (κ2) is 17.1. The van der Waals surface area contributed by atoms with Crippen molar-refractivity contribution in [2.75, 3.05) is 39.7 Å². The van der Waals surface area contributed by atoms with Crippen LogP contribution >= 0.6 is 0 Å². The van der Waals surface area contributed by atoms with Crippen LogP contribution in [0.3, 0.4) is 0 Å². The second-order valence-corrected chi connectivity index (χ2v) is 16.1. The molecule has 0 aliphatic carbocycles. The molecule has 1 fully saturated rings. The molecule has 3 aromatic carbocycles. The molecule has 1 N–H and O–H groups in total. The molecule has 0 spiro atoms. The van der Waals surface area contributed by atoms with Crippen molar-refractivity contribution in [3.05, 3.63) is 95.1 Å². The summed E-state index contributed by atoms with van der Waals surface area (Å²) >= 11 is 0. The monoisotopic (exact) mass is 785 g/mol. The summed E-state index contributed by atoms with van der Waals surface area (Å²) in [7, 11) is 0.171. The lowest BCUT2D eigenvalue weighted by molar-refractivity contribution is -0.137. The quantitative estimate of drug-likeness (QED) is 0.145. The number of benzene rings is 3. The van der Waals surface area contributed by atoms with Gasteiger partial charge < -0.3 is 29.2 Å². The molecule has 296 valence electrons. The fraction of sp³-hybridized carbons (Fsp3) is 0.410. The number of alkyl halides is 3. The first-order chi connectivity index (χ1) is 26.0. The number of rotatable bonds is 13. The number of hydrogen-bond donors (Lipinski definition) is 1. The molecular weight excluding hydrogens is 740 g/mol. The van der Waals surface area contributed by atoms with E-state index in [-0.39, 0.29) is 54.1 Å². The molecule has 1 amide bonds. The number of nitrogens with zero attached hydrogens (tertiary/aromatic N) is 4. The maximum Gasteiger partial charge on any atom is 0.416 e. The molecule has 1 aliphatic heterocycles. The Kier molecular flexibility index (Phi) is 12.8. The molecule has 1 atom stereocenters. The summed E-state index contributed by atoms with van der Waals surface area (Å²) < 4.78 is 92.7. The van der Waals surface area contributed by atoms with Crippen LogP contribution < -0.4 is 19.5 Å². The Balaban J connectivity index is 1.53. The van der Waals surface area contributed by atoms with Crippen LogP contribution in [-0.4, -0.2) is 80.0 Å². The van der Waals surface area contributed by atoms with E-state index >= 15 is 0 Å². The lowest BCUT2D eigenvalue weighted by atomic mass is 10.0. The third-order valence-electron chi connectivity index (χ3n) is 8.86. The molecule has 0 saturated carbocycles. The Bertz CT molecular complexity index is 1990. The normalized spacial score (nSPS) is 15.1. The molecule has 1 aromatic heterocycles. The highest BCUT2D eigenvalue weighted by Gasteiger charge is 2.33. The number of aromatic nitrogens is 2. The van der Waals surface area contributed by atoms with E-state index in [1.54, 1.807) is 88.4 Å². The van der Waals surface area contributed by atoms with Gasteiger partial charge in [0.15, 0.2) is 5.82 Å². The van der Waals surface area contributed by atoms with Crippen LogP contribution in [0.1, 0.15) is 55.9 Å². The van der Waals surface area contributed by atoms with Gasteiger partial charge >= 0.3 is 12.3 Å². The summed E-state index contributed by atoms with van der Waals surface area (Å²) in [5.41, 5.74) is 0.334. The first kappa shape index (κ1) is 41.1. The van der Waals surface area contributed by atoms with Gasteiger partial charge in [0.25, 0.3) is 0 Å². The van der Waals surface area contributed by atoms with E-state index < -0.39 is 39.2 Å². The van der Waals surface area contributed by atoms with Gasteiger partial charge in [-0.05, 0) is 93.3 Å². The van der Waals surface area contributed by atoms with Crippen molar-refractivity contribution >= 4 is 21.9 Å². The van der Waals surface area contributed by atoms with E-state index in [0.717, 1.165) is 12.1 Å². The Morgan fingerprint density at radius 3 is 2.00 bits per heavy atom. The number of likely N-dealkylation sites (tertiary alicyclic amines) is 1. The van der Waals surface area contributed by atoms with Crippen molar-refractivity contribution in [3.8, 4) is 28.5 Å². The number of hydrogen-bond acceptors (Lipinski definition) is 10. The average molecular weight is 786 g/mol. The Morgan fingerprint density at radius 2 is 1.47 bits per heavy atom. The maximum absolute atomic E-state index is 14.6. The van der Waals surface area contributed by atoms with Gasteiger partial charge in [0, 0.05) is 43.3 Å². The van der Waals surface area contributed by atoms with Gasteiger partial charge in [-0.3, -0.25) is 0 Å². The van der Waals surface area contributed by atoms with Crippen molar-refractivity contribution in [2.45, 2.75) is 70.3 Å². The minimum Gasteiger partial charge on any atom is -0.497 e. The molecule has 5 rings (SSSR count). The number of methoxy groups -OCH3 is 3. The van der Waals surface area contributed by atoms with Gasteiger partial charge in [-0.25, -0.2) is 13.2 Å². The number of anilines is 1. The zero-order chi connectivity index (χ0) is 40.0. The molecule has 55 heavy (non-hydrogen) atoms. The highest BCUT2D eigenvalue weighted by molar-refractivity contribution is 7.88. The Hall–Kier alpha value is -5.09. The summed E-state index contributed by atoms with van der Waals surface area (Å²) in [6.45, 7) is 6.14. The van der Waals surface area contributed by atoms with Crippen LogP contribution in [0, 0.1) is 0 Å². The lowest BCUT2D eigenvalue weighted by Gasteiger charge is -2.34. The van der Waals surface area contributed by atoms with Gasteiger partial charge in [-0.2, -0.15) is 17.5 Å². The second-order valence-electron chi connectivity index (χ2n) is 14.1. The van der Waals surface area contributed by atoms with Crippen LogP contribution in [0.5, 0.6) is 17.2 Å². The van der Waals surface area contributed by atoms with E-state index in [4.69, 9.17) is 18.9 Å². The number of halogens is 3. The smallest absolute Gasteiger partial charge is 0.416 e. The van der Waals surface area contributed by atoms with Crippen LogP contribution in [0.15, 0.2) is 72.8 Å². The molecule has 12 nitrogen and oxygen atoms in total. The Morgan fingerprint density at radius 1 is 0.873 bits per heavy atom. The molecule has 0 unspecified atom stereocenters. The minimum absolute atomic E-state index is 0.0205. The average Bonchev–Trinajstić information content (AvgIpc) is 3.14. The number of amides is 1. The number of carbonyl (C=O) groups excluding carboxylic acids is 1. The fourth-order valence-corrected chi connectivity index (χ4v) is 7.55. The zero-order valence-corrected chi connectivity index (χ0v) is 32.5. The van der Waals surface area contributed by atoms with Gasteiger partial charge in [0.2, 0.25) is 10.0 Å². The fourth-order valence-electron chi connectivity index (χ4n) is 6.06. The van der Waals surface area contributed by atoms with Crippen LogP contribution in [0.25, 0.3) is 11.3 Å². The van der Waals surface area contributed by atoms with Crippen molar-refractivity contribution in [1.29, 1.82) is 0 Å². The molecule has 4 aromatic rings. The number of carbonyl (C=O) groups is 1. The standard InChI is InChI=1S/C39H46F3N5O7S/c1-38(2,3)54-37(48)46-19-7-8-30(24-46)43-36-28(20-34(44-45-36)33-18-13-29(39(40,41)42)21-35(33)53-6)25-55(49,50)47(22-26-9-14-31(51-4)15-10-26)23-27-11-16-32(52-5)17-12-27/h9-18,20-21,30H,7-8,19,22-25H2,1-6H3,(H,43,45)/t30-/m1/s1. The molecule has 16 heteroatoms. The van der Waals surface area contributed by atoms with Crippen LogP contribution in [0.4, 0.5) is 23.8 Å². The first-order valence-electron chi connectivity index (χ1n) is 17.6. The third kappa shape index (κ3) is 11.0. The number of nitrogens with one attached hydrogen (secondary N) is 1. The number of piperidine rings is 1.